The van der Waals surface area contributed by atoms with Crippen LogP contribution in [0.15, 0.2) is 36.8 Å². The summed E-state index contributed by atoms with van der Waals surface area (Å²) in [6.07, 6.45) is 6.74. The topological polar surface area (TPSA) is 59.7 Å². The smallest absolute Gasteiger partial charge is 0.200 e. The lowest BCUT2D eigenvalue weighted by Crippen LogP contribution is -2.14. The monoisotopic (exact) mass is 283 g/mol. The molecular weight excluding hydrogens is 262 g/mol. The van der Waals surface area contributed by atoms with E-state index in [9.17, 15) is 0 Å². The average molecular weight is 283 g/mol. The zero-order chi connectivity index (χ0) is 14.7. The lowest BCUT2D eigenvalue weighted by atomic mass is 10.1. The van der Waals surface area contributed by atoms with Crippen LogP contribution in [0.2, 0.25) is 0 Å². The van der Waals surface area contributed by atoms with Crippen molar-refractivity contribution in [1.82, 2.24) is 19.9 Å². The maximum absolute atomic E-state index is 4.17. The molecule has 3 rings (SSSR count). The Hall–Kier alpha value is -2.27. The molecule has 0 aliphatic rings. The summed E-state index contributed by atoms with van der Waals surface area (Å²) in [4.78, 5) is 12.8. The standard InChI is InChI=1S/C16H21N5/c1-21(2)8-5-13-11-19-15-4-3-12(9-14(13)15)10-20-16-17-6-7-18-16/h3-4,6-7,9,11,19H,5,8,10H2,1-2H3,(H2,17,18,20). The van der Waals surface area contributed by atoms with Crippen molar-refractivity contribution in [2.24, 2.45) is 0 Å². The molecule has 0 unspecified atom stereocenters. The summed E-state index contributed by atoms with van der Waals surface area (Å²) in [7, 11) is 4.21. The lowest BCUT2D eigenvalue weighted by Gasteiger charge is -2.09. The summed E-state index contributed by atoms with van der Waals surface area (Å²) in [6, 6.07) is 6.55. The lowest BCUT2D eigenvalue weighted by molar-refractivity contribution is 0.414. The van der Waals surface area contributed by atoms with Crippen molar-refractivity contribution in [1.29, 1.82) is 0 Å². The van der Waals surface area contributed by atoms with Crippen LogP contribution in [0.1, 0.15) is 11.1 Å². The van der Waals surface area contributed by atoms with Gasteiger partial charge in [0.15, 0.2) is 5.95 Å². The number of aromatic amines is 2. The van der Waals surface area contributed by atoms with Crippen molar-refractivity contribution in [3.8, 4) is 0 Å². The third kappa shape index (κ3) is 3.25. The minimum Gasteiger partial charge on any atom is -0.361 e. The maximum atomic E-state index is 4.17. The summed E-state index contributed by atoms with van der Waals surface area (Å²) in [6.45, 7) is 1.82. The highest BCUT2D eigenvalue weighted by Gasteiger charge is 2.05. The van der Waals surface area contributed by atoms with E-state index in [1.165, 1.54) is 22.0 Å². The number of hydrogen-bond acceptors (Lipinski definition) is 3. The van der Waals surface area contributed by atoms with Gasteiger partial charge in [0, 0.05) is 42.6 Å². The van der Waals surface area contributed by atoms with Crippen molar-refractivity contribution < 1.29 is 0 Å². The molecule has 0 saturated heterocycles. The molecule has 0 saturated carbocycles. The first-order valence-electron chi connectivity index (χ1n) is 7.19. The van der Waals surface area contributed by atoms with Crippen molar-refractivity contribution in [2.45, 2.75) is 13.0 Å². The van der Waals surface area contributed by atoms with E-state index >= 15 is 0 Å². The van der Waals surface area contributed by atoms with Crippen LogP contribution in [-0.4, -0.2) is 40.5 Å². The molecule has 0 radical (unpaired) electrons. The molecule has 5 heteroatoms. The summed E-state index contributed by atoms with van der Waals surface area (Å²) in [5.41, 5.74) is 3.83. The van der Waals surface area contributed by atoms with Gasteiger partial charge in [-0.05, 0) is 43.8 Å². The third-order valence-electron chi connectivity index (χ3n) is 3.62. The highest BCUT2D eigenvalue weighted by Crippen LogP contribution is 2.21. The van der Waals surface area contributed by atoms with Gasteiger partial charge in [0.25, 0.3) is 0 Å². The van der Waals surface area contributed by atoms with Gasteiger partial charge in [-0.25, -0.2) is 4.98 Å². The van der Waals surface area contributed by atoms with E-state index in [4.69, 9.17) is 0 Å². The Kier molecular flexibility index (Phi) is 3.92. The van der Waals surface area contributed by atoms with E-state index in [0.29, 0.717) is 0 Å². The van der Waals surface area contributed by atoms with Gasteiger partial charge >= 0.3 is 0 Å². The second-order valence-electron chi connectivity index (χ2n) is 5.54. The quantitative estimate of drug-likeness (QED) is 0.651. The predicted octanol–water partition coefficient (Wildman–Crippen LogP) is 2.61. The minimum atomic E-state index is 0.766. The summed E-state index contributed by atoms with van der Waals surface area (Å²) in [5, 5.41) is 4.60. The number of rotatable bonds is 6. The molecule has 0 spiro atoms. The molecule has 3 aromatic rings. The molecule has 2 heterocycles. The number of fused-ring (bicyclic) bond motifs is 1. The molecule has 0 aliphatic carbocycles. The normalized spacial score (nSPS) is 11.4. The Bertz CT molecular complexity index is 697. The SMILES string of the molecule is CN(C)CCc1c[nH]c2ccc(CNc3ncc[nH]3)cc12. The fourth-order valence-corrected chi connectivity index (χ4v) is 2.43. The zero-order valence-corrected chi connectivity index (χ0v) is 12.5. The number of anilines is 1. The van der Waals surface area contributed by atoms with Crippen LogP contribution >= 0.6 is 0 Å². The van der Waals surface area contributed by atoms with Crippen molar-refractivity contribution in [2.75, 3.05) is 26.0 Å². The first-order chi connectivity index (χ1) is 10.2. The Labute approximate surface area is 124 Å². The first kappa shape index (κ1) is 13.7. The van der Waals surface area contributed by atoms with Crippen LogP contribution in [0.4, 0.5) is 5.95 Å². The summed E-state index contributed by atoms with van der Waals surface area (Å²) >= 11 is 0. The van der Waals surface area contributed by atoms with Gasteiger partial charge < -0.3 is 20.2 Å². The maximum Gasteiger partial charge on any atom is 0.200 e. The first-order valence-corrected chi connectivity index (χ1v) is 7.19. The van der Waals surface area contributed by atoms with E-state index in [-0.39, 0.29) is 0 Å². The highest BCUT2D eigenvalue weighted by atomic mass is 15.1. The number of nitrogens with one attached hydrogen (secondary N) is 3. The Morgan fingerprint density at radius 2 is 2.14 bits per heavy atom. The minimum absolute atomic E-state index is 0.766. The Morgan fingerprint density at radius 1 is 1.24 bits per heavy atom. The molecule has 0 atom stereocenters. The molecule has 5 nitrogen and oxygen atoms in total. The molecule has 1 aromatic carbocycles. The van der Waals surface area contributed by atoms with Gasteiger partial charge in [0.1, 0.15) is 0 Å². The van der Waals surface area contributed by atoms with Crippen LogP contribution in [0.5, 0.6) is 0 Å². The Balaban J connectivity index is 1.76. The molecule has 0 amide bonds. The van der Waals surface area contributed by atoms with Gasteiger partial charge in [-0.2, -0.15) is 0 Å². The van der Waals surface area contributed by atoms with E-state index in [1.807, 2.05) is 6.20 Å². The molecule has 0 fully saturated rings. The average Bonchev–Trinajstić information content (AvgIpc) is 3.12. The second kappa shape index (κ2) is 6.01. The summed E-state index contributed by atoms with van der Waals surface area (Å²) in [5.74, 6) is 0.803. The van der Waals surface area contributed by atoms with Gasteiger partial charge in [-0.3, -0.25) is 0 Å². The van der Waals surface area contributed by atoms with E-state index < -0.39 is 0 Å². The number of likely N-dealkylation sites (N-methyl/N-ethyl adjacent to an activating group) is 1. The fourth-order valence-electron chi connectivity index (χ4n) is 2.43. The van der Waals surface area contributed by atoms with Crippen molar-refractivity contribution in [3.05, 3.63) is 47.9 Å². The van der Waals surface area contributed by atoms with Crippen LogP contribution in [0, 0.1) is 0 Å². The van der Waals surface area contributed by atoms with Crippen LogP contribution in [-0.2, 0) is 13.0 Å². The number of H-pyrrole nitrogens is 2. The Morgan fingerprint density at radius 3 is 2.90 bits per heavy atom. The van der Waals surface area contributed by atoms with E-state index in [1.54, 1.807) is 6.20 Å². The molecule has 0 bridgehead atoms. The molecule has 0 aliphatic heterocycles. The van der Waals surface area contributed by atoms with Crippen molar-refractivity contribution >= 4 is 16.9 Å². The van der Waals surface area contributed by atoms with Gasteiger partial charge in [0.05, 0.1) is 0 Å². The number of nitrogens with zero attached hydrogens (tertiary/aromatic N) is 2. The molecule has 21 heavy (non-hydrogen) atoms. The van der Waals surface area contributed by atoms with Gasteiger partial charge in [0.2, 0.25) is 0 Å². The van der Waals surface area contributed by atoms with E-state index in [2.05, 4.69) is 63.7 Å². The third-order valence-corrected chi connectivity index (χ3v) is 3.62. The second-order valence-corrected chi connectivity index (χ2v) is 5.54. The van der Waals surface area contributed by atoms with E-state index in [0.717, 1.165) is 25.5 Å². The largest absolute Gasteiger partial charge is 0.361 e. The van der Waals surface area contributed by atoms with Gasteiger partial charge in [-0.15, -0.1) is 0 Å². The summed E-state index contributed by atoms with van der Waals surface area (Å²) < 4.78 is 0. The molecule has 2 aromatic heterocycles. The van der Waals surface area contributed by atoms with Gasteiger partial charge in [-0.1, -0.05) is 6.07 Å². The fraction of sp³-hybridized carbons (Fsp3) is 0.312. The number of aromatic nitrogens is 3. The number of hydrogen-bond donors (Lipinski definition) is 3. The van der Waals surface area contributed by atoms with Crippen LogP contribution in [0.3, 0.4) is 0 Å². The van der Waals surface area contributed by atoms with Crippen LogP contribution in [0.25, 0.3) is 10.9 Å². The molecular formula is C16H21N5. The van der Waals surface area contributed by atoms with Crippen molar-refractivity contribution in [3.63, 3.8) is 0 Å². The predicted molar refractivity (Wildman–Crippen MR) is 86.5 cm³/mol. The zero-order valence-electron chi connectivity index (χ0n) is 12.5. The highest BCUT2D eigenvalue weighted by molar-refractivity contribution is 5.84. The van der Waals surface area contributed by atoms with Crippen LogP contribution < -0.4 is 5.32 Å². The molecule has 3 N–H and O–H groups in total. The number of imidazole rings is 1. The molecule has 110 valence electrons. The number of benzene rings is 1.